The van der Waals surface area contributed by atoms with E-state index < -0.39 is 0 Å². The zero-order valence-electron chi connectivity index (χ0n) is 5.78. The zero-order valence-corrected chi connectivity index (χ0v) is 5.78. The molecule has 1 fully saturated rings. The standard InChI is InChI=1S/C7H15N/c1-3-6(8)7(2)4-5-7/h6H,3-5,8H2,1-2H3/t6-/m0/s1. The maximum absolute atomic E-state index is 5.81. The van der Waals surface area contributed by atoms with Gasteiger partial charge < -0.3 is 5.73 Å². The molecule has 48 valence electrons. The second-order valence-electron chi connectivity index (χ2n) is 3.17. The van der Waals surface area contributed by atoms with E-state index in [-0.39, 0.29) is 0 Å². The van der Waals surface area contributed by atoms with Crippen LogP contribution in [-0.2, 0) is 0 Å². The summed E-state index contributed by atoms with van der Waals surface area (Å²) in [7, 11) is 0. The molecule has 0 bridgehead atoms. The van der Waals surface area contributed by atoms with Gasteiger partial charge in [-0.2, -0.15) is 0 Å². The Morgan fingerprint density at radius 1 is 1.62 bits per heavy atom. The first-order valence-corrected chi connectivity index (χ1v) is 3.44. The molecular formula is C7H15N. The third-order valence-electron chi connectivity index (χ3n) is 2.37. The molecule has 0 aromatic rings. The molecule has 8 heavy (non-hydrogen) atoms. The van der Waals surface area contributed by atoms with Gasteiger partial charge in [-0.15, -0.1) is 0 Å². The molecule has 0 heterocycles. The van der Waals surface area contributed by atoms with Crippen LogP contribution in [0.15, 0.2) is 0 Å². The fraction of sp³-hybridized carbons (Fsp3) is 1.00. The van der Waals surface area contributed by atoms with Gasteiger partial charge in [0.1, 0.15) is 0 Å². The van der Waals surface area contributed by atoms with Crippen LogP contribution in [0.2, 0.25) is 0 Å². The van der Waals surface area contributed by atoms with E-state index in [0.29, 0.717) is 11.5 Å². The monoisotopic (exact) mass is 113 g/mol. The smallest absolute Gasteiger partial charge is 0.00903 e. The van der Waals surface area contributed by atoms with Crippen LogP contribution in [0.1, 0.15) is 33.1 Å². The maximum atomic E-state index is 5.81. The molecule has 1 atom stereocenters. The molecule has 0 saturated heterocycles. The van der Waals surface area contributed by atoms with Crippen LogP contribution in [0.25, 0.3) is 0 Å². The van der Waals surface area contributed by atoms with E-state index in [2.05, 4.69) is 13.8 Å². The van der Waals surface area contributed by atoms with E-state index in [1.165, 1.54) is 12.8 Å². The summed E-state index contributed by atoms with van der Waals surface area (Å²) in [4.78, 5) is 0. The second kappa shape index (κ2) is 1.73. The number of rotatable bonds is 2. The maximum Gasteiger partial charge on any atom is 0.00903 e. The first-order valence-electron chi connectivity index (χ1n) is 3.44. The van der Waals surface area contributed by atoms with Crippen LogP contribution in [0.5, 0.6) is 0 Å². The highest BCUT2D eigenvalue weighted by atomic mass is 14.7. The average Bonchev–Trinajstić information content (AvgIpc) is 2.47. The highest BCUT2D eigenvalue weighted by molar-refractivity contribution is 4.96. The van der Waals surface area contributed by atoms with Crippen LogP contribution in [0.3, 0.4) is 0 Å². The Morgan fingerprint density at radius 2 is 2.12 bits per heavy atom. The van der Waals surface area contributed by atoms with Crippen molar-refractivity contribution in [2.45, 2.75) is 39.2 Å². The van der Waals surface area contributed by atoms with Crippen molar-refractivity contribution in [3.63, 3.8) is 0 Å². The average molecular weight is 113 g/mol. The SMILES string of the molecule is CC[C@H](N)C1(C)CC1. The number of nitrogens with two attached hydrogens (primary N) is 1. The summed E-state index contributed by atoms with van der Waals surface area (Å²) < 4.78 is 0. The largest absolute Gasteiger partial charge is 0.327 e. The van der Waals surface area contributed by atoms with Crippen molar-refractivity contribution in [2.75, 3.05) is 0 Å². The molecule has 0 spiro atoms. The van der Waals surface area contributed by atoms with Crippen LogP contribution in [0.4, 0.5) is 0 Å². The van der Waals surface area contributed by atoms with Crippen LogP contribution < -0.4 is 5.73 Å². The normalized spacial score (nSPS) is 27.4. The summed E-state index contributed by atoms with van der Waals surface area (Å²) in [6, 6.07) is 0.461. The van der Waals surface area contributed by atoms with Crippen molar-refractivity contribution in [1.82, 2.24) is 0 Å². The minimum absolute atomic E-state index is 0.461. The molecule has 1 saturated carbocycles. The summed E-state index contributed by atoms with van der Waals surface area (Å²) in [6.45, 7) is 4.44. The second-order valence-corrected chi connectivity index (χ2v) is 3.17. The van der Waals surface area contributed by atoms with Crippen LogP contribution in [-0.4, -0.2) is 6.04 Å². The predicted octanol–water partition coefficient (Wildman–Crippen LogP) is 1.52. The van der Waals surface area contributed by atoms with Crippen molar-refractivity contribution in [3.05, 3.63) is 0 Å². The summed E-state index contributed by atoms with van der Waals surface area (Å²) >= 11 is 0. The highest BCUT2D eigenvalue weighted by Crippen LogP contribution is 2.47. The lowest BCUT2D eigenvalue weighted by molar-refractivity contribution is 0.425. The van der Waals surface area contributed by atoms with Crippen molar-refractivity contribution < 1.29 is 0 Å². The number of hydrogen-bond donors (Lipinski definition) is 1. The summed E-state index contributed by atoms with van der Waals surface area (Å²) in [5.41, 5.74) is 6.35. The van der Waals surface area contributed by atoms with Crippen LogP contribution in [0, 0.1) is 5.41 Å². The summed E-state index contributed by atoms with van der Waals surface area (Å²) in [5, 5.41) is 0. The fourth-order valence-electron chi connectivity index (χ4n) is 1.06. The molecule has 0 aliphatic heterocycles. The van der Waals surface area contributed by atoms with Gasteiger partial charge in [-0.05, 0) is 24.7 Å². The lowest BCUT2D eigenvalue weighted by atomic mass is 9.98. The Bertz CT molecular complexity index is 84.4. The predicted molar refractivity (Wildman–Crippen MR) is 35.6 cm³/mol. The van der Waals surface area contributed by atoms with Gasteiger partial charge in [0.05, 0.1) is 0 Å². The lowest BCUT2D eigenvalue weighted by Crippen LogP contribution is -2.28. The van der Waals surface area contributed by atoms with Gasteiger partial charge in [0.25, 0.3) is 0 Å². The molecule has 1 heteroatoms. The molecule has 0 radical (unpaired) electrons. The molecule has 1 rings (SSSR count). The first kappa shape index (κ1) is 6.09. The third kappa shape index (κ3) is 0.873. The minimum Gasteiger partial charge on any atom is -0.327 e. The van der Waals surface area contributed by atoms with Crippen molar-refractivity contribution >= 4 is 0 Å². The molecule has 1 aliphatic carbocycles. The molecular weight excluding hydrogens is 98.1 g/mol. The van der Waals surface area contributed by atoms with Crippen molar-refractivity contribution in [3.8, 4) is 0 Å². The Balaban J connectivity index is 2.34. The van der Waals surface area contributed by atoms with Gasteiger partial charge in [-0.25, -0.2) is 0 Å². The third-order valence-corrected chi connectivity index (χ3v) is 2.37. The summed E-state index contributed by atoms with van der Waals surface area (Å²) in [6.07, 6.45) is 3.83. The van der Waals surface area contributed by atoms with Gasteiger partial charge in [-0.1, -0.05) is 13.8 Å². The van der Waals surface area contributed by atoms with Gasteiger partial charge in [0.2, 0.25) is 0 Å². The quantitative estimate of drug-likeness (QED) is 0.577. The Labute approximate surface area is 51.3 Å². The number of hydrogen-bond acceptors (Lipinski definition) is 1. The van der Waals surface area contributed by atoms with E-state index in [1.54, 1.807) is 0 Å². The Morgan fingerprint density at radius 3 is 2.25 bits per heavy atom. The van der Waals surface area contributed by atoms with Crippen molar-refractivity contribution in [2.24, 2.45) is 11.1 Å². The van der Waals surface area contributed by atoms with Gasteiger partial charge >= 0.3 is 0 Å². The minimum atomic E-state index is 0.461. The first-order chi connectivity index (χ1) is 3.69. The molecule has 0 aromatic carbocycles. The molecule has 0 aromatic heterocycles. The van der Waals surface area contributed by atoms with E-state index >= 15 is 0 Å². The van der Waals surface area contributed by atoms with Crippen molar-refractivity contribution in [1.29, 1.82) is 0 Å². The van der Waals surface area contributed by atoms with Gasteiger partial charge in [-0.3, -0.25) is 0 Å². The van der Waals surface area contributed by atoms with E-state index in [9.17, 15) is 0 Å². The van der Waals surface area contributed by atoms with Gasteiger partial charge in [0, 0.05) is 6.04 Å². The highest BCUT2D eigenvalue weighted by Gasteiger charge is 2.41. The van der Waals surface area contributed by atoms with E-state index in [1.807, 2.05) is 0 Å². The molecule has 1 nitrogen and oxygen atoms in total. The Kier molecular flexibility index (Phi) is 1.31. The molecule has 1 aliphatic rings. The van der Waals surface area contributed by atoms with Gasteiger partial charge in [0.15, 0.2) is 0 Å². The zero-order chi connectivity index (χ0) is 6.20. The van der Waals surface area contributed by atoms with E-state index in [4.69, 9.17) is 5.73 Å². The van der Waals surface area contributed by atoms with E-state index in [0.717, 1.165) is 6.42 Å². The molecule has 2 N–H and O–H groups in total. The molecule has 0 unspecified atom stereocenters. The fourth-order valence-corrected chi connectivity index (χ4v) is 1.06. The molecule has 0 amide bonds. The Hall–Kier alpha value is -0.0400. The van der Waals surface area contributed by atoms with Crippen LogP contribution >= 0.6 is 0 Å². The topological polar surface area (TPSA) is 26.0 Å². The lowest BCUT2D eigenvalue weighted by Gasteiger charge is -2.15. The summed E-state index contributed by atoms with van der Waals surface area (Å²) in [5.74, 6) is 0.